The third kappa shape index (κ3) is 4.79. The fraction of sp³-hybridized carbons (Fsp3) is 0.579. The van der Waals surface area contributed by atoms with Gasteiger partial charge in [-0.3, -0.25) is 9.59 Å². The minimum Gasteiger partial charge on any atom is -0.342 e. The fourth-order valence-corrected chi connectivity index (χ4v) is 3.86. The van der Waals surface area contributed by atoms with Gasteiger partial charge in [-0.15, -0.1) is 12.4 Å². The summed E-state index contributed by atoms with van der Waals surface area (Å²) in [7, 11) is 0. The van der Waals surface area contributed by atoms with Crippen molar-refractivity contribution in [1.29, 1.82) is 0 Å². The standard InChI is InChI=1S/C19H25FN2O2.ClH/c1-13-11-15(8-9-21-13)19(24)22-10-2-3-16(12-22)18(23)14-4-6-17(20)7-5-14;/h4-7,13,15-16,21H,2-3,8-12H2,1H3;1H/t13-,15-,16?;/m0./s1. The molecule has 0 spiro atoms. The number of nitrogens with zero attached hydrogens (tertiary/aromatic N) is 1. The van der Waals surface area contributed by atoms with Crippen molar-refractivity contribution in [2.24, 2.45) is 11.8 Å². The zero-order valence-electron chi connectivity index (χ0n) is 14.5. The molecule has 2 saturated heterocycles. The maximum atomic E-state index is 13.0. The smallest absolute Gasteiger partial charge is 0.225 e. The van der Waals surface area contributed by atoms with Crippen molar-refractivity contribution in [3.8, 4) is 0 Å². The normalized spacial score (nSPS) is 26.6. The highest BCUT2D eigenvalue weighted by Crippen LogP contribution is 2.25. The first-order valence-electron chi connectivity index (χ1n) is 8.86. The van der Waals surface area contributed by atoms with E-state index in [1.54, 1.807) is 0 Å². The third-order valence-electron chi connectivity index (χ3n) is 5.21. The third-order valence-corrected chi connectivity index (χ3v) is 5.21. The SMILES string of the molecule is C[C@H]1C[C@@H](C(=O)N2CCCC(C(=O)c3ccc(F)cc3)C2)CCN1.Cl. The molecule has 0 aliphatic carbocycles. The number of carbonyl (C=O) groups excluding carboxylic acids is 2. The molecule has 6 heteroatoms. The number of nitrogens with one attached hydrogen (secondary N) is 1. The van der Waals surface area contributed by atoms with Gasteiger partial charge in [-0.25, -0.2) is 4.39 Å². The molecule has 0 radical (unpaired) electrons. The summed E-state index contributed by atoms with van der Waals surface area (Å²) in [5, 5.41) is 3.37. The molecule has 4 nitrogen and oxygen atoms in total. The van der Waals surface area contributed by atoms with Crippen molar-refractivity contribution in [1.82, 2.24) is 10.2 Å². The van der Waals surface area contributed by atoms with Crippen LogP contribution in [0, 0.1) is 17.7 Å². The van der Waals surface area contributed by atoms with Gasteiger partial charge < -0.3 is 10.2 Å². The molecular weight excluding hydrogens is 343 g/mol. The van der Waals surface area contributed by atoms with Gasteiger partial charge in [0, 0.05) is 36.5 Å². The van der Waals surface area contributed by atoms with E-state index in [4.69, 9.17) is 0 Å². The zero-order chi connectivity index (χ0) is 17.1. The van der Waals surface area contributed by atoms with Crippen LogP contribution in [-0.2, 0) is 4.79 Å². The summed E-state index contributed by atoms with van der Waals surface area (Å²) in [5.74, 6) is -0.230. The van der Waals surface area contributed by atoms with Crippen molar-refractivity contribution in [2.75, 3.05) is 19.6 Å². The molecule has 2 aliphatic rings. The van der Waals surface area contributed by atoms with Gasteiger partial charge in [0.1, 0.15) is 5.82 Å². The highest BCUT2D eigenvalue weighted by Gasteiger charge is 2.33. The lowest BCUT2D eigenvalue weighted by Crippen LogP contribution is -2.48. The Bertz CT molecular complexity index is 608. The number of Topliss-reactive ketones (excluding diaryl/α,β-unsaturated/α-hetero) is 1. The molecule has 1 unspecified atom stereocenters. The number of amides is 1. The van der Waals surface area contributed by atoms with Gasteiger partial charge in [-0.2, -0.15) is 0 Å². The Morgan fingerprint density at radius 2 is 1.88 bits per heavy atom. The van der Waals surface area contributed by atoms with Crippen LogP contribution < -0.4 is 5.32 Å². The Balaban J connectivity index is 0.00000225. The topological polar surface area (TPSA) is 49.4 Å². The van der Waals surface area contributed by atoms with Gasteiger partial charge in [0.25, 0.3) is 0 Å². The first-order valence-corrected chi connectivity index (χ1v) is 8.86. The number of rotatable bonds is 3. The average Bonchev–Trinajstić information content (AvgIpc) is 2.61. The predicted molar refractivity (Wildman–Crippen MR) is 97.5 cm³/mol. The summed E-state index contributed by atoms with van der Waals surface area (Å²) < 4.78 is 13.0. The largest absolute Gasteiger partial charge is 0.342 e. The van der Waals surface area contributed by atoms with Gasteiger partial charge >= 0.3 is 0 Å². The van der Waals surface area contributed by atoms with Crippen LogP contribution in [0.1, 0.15) is 43.0 Å². The Hall–Kier alpha value is -1.46. The maximum Gasteiger partial charge on any atom is 0.225 e. The summed E-state index contributed by atoms with van der Waals surface area (Å²) in [4.78, 5) is 27.3. The van der Waals surface area contributed by atoms with E-state index in [0.29, 0.717) is 18.2 Å². The van der Waals surface area contributed by atoms with Crippen molar-refractivity contribution in [2.45, 2.75) is 38.6 Å². The number of likely N-dealkylation sites (tertiary alicyclic amines) is 1. The summed E-state index contributed by atoms with van der Waals surface area (Å²) in [6.45, 7) is 4.22. The summed E-state index contributed by atoms with van der Waals surface area (Å²) in [6.07, 6.45) is 3.38. The number of benzene rings is 1. The van der Waals surface area contributed by atoms with Crippen molar-refractivity contribution >= 4 is 24.1 Å². The van der Waals surface area contributed by atoms with E-state index in [2.05, 4.69) is 12.2 Å². The van der Waals surface area contributed by atoms with E-state index >= 15 is 0 Å². The number of piperidine rings is 2. The van der Waals surface area contributed by atoms with E-state index in [1.807, 2.05) is 4.90 Å². The molecule has 25 heavy (non-hydrogen) atoms. The summed E-state index contributed by atoms with van der Waals surface area (Å²) in [5.41, 5.74) is 0.534. The highest BCUT2D eigenvalue weighted by molar-refractivity contribution is 5.98. The summed E-state index contributed by atoms with van der Waals surface area (Å²) >= 11 is 0. The Morgan fingerprint density at radius 3 is 2.56 bits per heavy atom. The van der Waals surface area contributed by atoms with E-state index in [1.165, 1.54) is 24.3 Å². The molecule has 1 N–H and O–H groups in total. The van der Waals surface area contributed by atoms with Crippen LogP contribution in [0.5, 0.6) is 0 Å². The quantitative estimate of drug-likeness (QED) is 0.834. The fourth-order valence-electron chi connectivity index (χ4n) is 3.86. The Kier molecular flexibility index (Phi) is 6.96. The van der Waals surface area contributed by atoms with Crippen LogP contribution in [0.15, 0.2) is 24.3 Å². The van der Waals surface area contributed by atoms with Crippen molar-refractivity contribution in [3.05, 3.63) is 35.6 Å². The number of carbonyl (C=O) groups is 2. The minimum absolute atomic E-state index is 0. The molecule has 1 aromatic rings. The highest BCUT2D eigenvalue weighted by atomic mass is 35.5. The molecule has 1 aromatic carbocycles. The first kappa shape index (κ1) is 19.9. The van der Waals surface area contributed by atoms with Crippen LogP contribution in [0.4, 0.5) is 4.39 Å². The summed E-state index contributed by atoms with van der Waals surface area (Å²) in [6, 6.07) is 6.07. The van der Waals surface area contributed by atoms with Gasteiger partial charge in [-0.05, 0) is 63.4 Å². The monoisotopic (exact) mass is 368 g/mol. The molecule has 0 saturated carbocycles. The molecule has 1 amide bonds. The second-order valence-corrected chi connectivity index (χ2v) is 7.07. The van der Waals surface area contributed by atoms with Crippen molar-refractivity contribution < 1.29 is 14.0 Å². The molecule has 2 fully saturated rings. The molecule has 0 bridgehead atoms. The molecule has 2 heterocycles. The minimum atomic E-state index is -0.341. The van der Waals surface area contributed by atoms with Gasteiger partial charge in [0.05, 0.1) is 0 Å². The zero-order valence-corrected chi connectivity index (χ0v) is 15.4. The molecule has 0 aromatic heterocycles. The van der Waals surface area contributed by atoms with Crippen LogP contribution in [0.2, 0.25) is 0 Å². The Morgan fingerprint density at radius 1 is 1.16 bits per heavy atom. The van der Waals surface area contributed by atoms with E-state index < -0.39 is 0 Å². The number of hydrogen-bond acceptors (Lipinski definition) is 3. The average molecular weight is 369 g/mol. The van der Waals surface area contributed by atoms with Gasteiger partial charge in [-0.1, -0.05) is 0 Å². The lowest BCUT2D eigenvalue weighted by Gasteiger charge is -2.36. The Labute approximate surface area is 154 Å². The lowest BCUT2D eigenvalue weighted by atomic mass is 9.87. The van der Waals surface area contributed by atoms with Gasteiger partial charge in [0.15, 0.2) is 5.78 Å². The molecule has 3 atom stereocenters. The van der Waals surface area contributed by atoms with E-state index in [9.17, 15) is 14.0 Å². The number of halogens is 2. The van der Waals surface area contributed by atoms with Crippen molar-refractivity contribution in [3.63, 3.8) is 0 Å². The lowest BCUT2D eigenvalue weighted by molar-refractivity contribution is -0.138. The van der Waals surface area contributed by atoms with E-state index in [-0.39, 0.29) is 41.8 Å². The van der Waals surface area contributed by atoms with E-state index in [0.717, 1.165) is 38.8 Å². The van der Waals surface area contributed by atoms with Crippen LogP contribution in [-0.4, -0.2) is 42.3 Å². The number of hydrogen-bond donors (Lipinski definition) is 1. The molecular formula is C19H26ClFN2O2. The van der Waals surface area contributed by atoms with Crippen LogP contribution in [0.3, 0.4) is 0 Å². The molecule has 138 valence electrons. The molecule has 3 rings (SSSR count). The second kappa shape index (κ2) is 8.77. The van der Waals surface area contributed by atoms with Gasteiger partial charge in [0.2, 0.25) is 5.91 Å². The first-order chi connectivity index (χ1) is 11.5. The molecule has 2 aliphatic heterocycles. The van der Waals surface area contributed by atoms with Crippen LogP contribution in [0.25, 0.3) is 0 Å². The predicted octanol–water partition coefficient (Wildman–Crippen LogP) is 3.06. The second-order valence-electron chi connectivity index (χ2n) is 7.07. The number of ketones is 1. The maximum absolute atomic E-state index is 13.0. The van der Waals surface area contributed by atoms with Crippen LogP contribution >= 0.6 is 12.4 Å².